The van der Waals surface area contributed by atoms with E-state index in [1.165, 1.54) is 6.07 Å². The Morgan fingerprint density at radius 3 is 2.86 bits per heavy atom. The normalized spacial score (nSPS) is 16.6. The molecule has 4 nitrogen and oxygen atoms in total. The highest BCUT2D eigenvalue weighted by Gasteiger charge is 2.26. The highest BCUT2D eigenvalue weighted by Crippen LogP contribution is 2.28. The van der Waals surface area contributed by atoms with E-state index in [0.29, 0.717) is 24.1 Å². The molecule has 1 saturated heterocycles. The van der Waals surface area contributed by atoms with Gasteiger partial charge in [0.1, 0.15) is 5.82 Å². The first-order valence-electron chi connectivity index (χ1n) is 10.0. The Hall–Kier alpha value is -3.08. The van der Waals surface area contributed by atoms with Gasteiger partial charge in [-0.1, -0.05) is 18.2 Å². The van der Waals surface area contributed by atoms with Gasteiger partial charge in [0.05, 0.1) is 5.56 Å². The summed E-state index contributed by atoms with van der Waals surface area (Å²) in [7, 11) is 0. The van der Waals surface area contributed by atoms with E-state index in [0.717, 1.165) is 36.3 Å². The molecule has 3 heterocycles. The zero-order valence-corrected chi connectivity index (χ0v) is 16.5. The molecule has 0 aliphatic carbocycles. The van der Waals surface area contributed by atoms with E-state index >= 15 is 0 Å². The summed E-state index contributed by atoms with van der Waals surface area (Å²) in [6.45, 7) is 3.36. The molecule has 0 bridgehead atoms. The van der Waals surface area contributed by atoms with Gasteiger partial charge in [0.2, 0.25) is 0 Å². The minimum atomic E-state index is -0.186. The Morgan fingerprint density at radius 2 is 2.07 bits per heavy atom. The molecule has 0 radical (unpaired) electrons. The Kier molecular flexibility index (Phi) is 5.65. The lowest BCUT2D eigenvalue weighted by atomic mass is 9.92. The number of aryl methyl sites for hydroxylation is 1. The molecule has 2 aromatic heterocycles. The molecule has 5 heteroatoms. The summed E-state index contributed by atoms with van der Waals surface area (Å²) >= 11 is 0. The van der Waals surface area contributed by atoms with Crippen molar-refractivity contribution in [1.82, 2.24) is 14.9 Å². The van der Waals surface area contributed by atoms with Crippen molar-refractivity contribution in [2.75, 3.05) is 13.1 Å². The second-order valence-electron chi connectivity index (χ2n) is 7.64. The molecule has 1 amide bonds. The maximum absolute atomic E-state index is 14.1. The number of nitrogens with zero attached hydrogens (tertiary/aromatic N) is 3. The van der Waals surface area contributed by atoms with Gasteiger partial charge >= 0.3 is 0 Å². The second-order valence-corrected chi connectivity index (χ2v) is 7.64. The minimum Gasteiger partial charge on any atom is -0.338 e. The van der Waals surface area contributed by atoms with Crippen molar-refractivity contribution in [3.63, 3.8) is 0 Å². The number of hydrogen-bond acceptors (Lipinski definition) is 3. The van der Waals surface area contributed by atoms with Crippen LogP contribution in [-0.2, 0) is 6.42 Å². The zero-order valence-electron chi connectivity index (χ0n) is 16.5. The lowest BCUT2D eigenvalue weighted by Gasteiger charge is -2.32. The van der Waals surface area contributed by atoms with E-state index < -0.39 is 0 Å². The number of carbonyl (C=O) groups is 1. The van der Waals surface area contributed by atoms with Crippen LogP contribution < -0.4 is 0 Å². The molecule has 1 atom stereocenters. The molecule has 29 heavy (non-hydrogen) atoms. The summed E-state index contributed by atoms with van der Waals surface area (Å²) in [5, 5.41) is 0. The third-order valence-electron chi connectivity index (χ3n) is 5.42. The van der Waals surface area contributed by atoms with Crippen LogP contribution in [0.2, 0.25) is 0 Å². The van der Waals surface area contributed by atoms with Crippen molar-refractivity contribution in [3.05, 3.63) is 94.8 Å². The van der Waals surface area contributed by atoms with Gasteiger partial charge in [0.15, 0.2) is 0 Å². The first-order chi connectivity index (χ1) is 14.1. The van der Waals surface area contributed by atoms with Crippen LogP contribution >= 0.6 is 0 Å². The molecule has 0 saturated carbocycles. The largest absolute Gasteiger partial charge is 0.338 e. The molecule has 1 aliphatic heterocycles. The predicted octanol–water partition coefficient (Wildman–Crippen LogP) is 4.53. The van der Waals surface area contributed by atoms with Gasteiger partial charge < -0.3 is 4.90 Å². The standard InChI is InChI=1S/C24H24FN3O/c1-17-12-18(13-19-6-2-3-9-22(19)25)14-23(27-17)21-8-5-11-28(16-21)24(29)20-7-4-10-26-15-20/h2-4,6-7,9-10,12,14-15,21H,5,8,11,13,16H2,1H3/t21-/m1/s1. The Labute approximate surface area is 170 Å². The summed E-state index contributed by atoms with van der Waals surface area (Å²) in [6, 6.07) is 14.5. The third kappa shape index (κ3) is 4.50. The molecular weight excluding hydrogens is 365 g/mol. The van der Waals surface area contributed by atoms with E-state index in [1.807, 2.05) is 30.0 Å². The number of aromatic nitrogens is 2. The van der Waals surface area contributed by atoms with Crippen molar-refractivity contribution in [2.24, 2.45) is 0 Å². The zero-order chi connectivity index (χ0) is 20.2. The van der Waals surface area contributed by atoms with E-state index in [9.17, 15) is 9.18 Å². The summed E-state index contributed by atoms with van der Waals surface area (Å²) in [5.74, 6) is 0.0140. The molecule has 148 valence electrons. The fourth-order valence-corrected chi connectivity index (χ4v) is 4.02. The lowest BCUT2D eigenvalue weighted by molar-refractivity contribution is 0.0705. The van der Waals surface area contributed by atoms with Crippen molar-refractivity contribution >= 4 is 5.91 Å². The summed E-state index contributed by atoms with van der Waals surface area (Å²) in [5.41, 5.74) is 4.25. The number of pyridine rings is 2. The van der Waals surface area contributed by atoms with Gasteiger partial charge in [0, 0.05) is 49.2 Å². The Balaban J connectivity index is 1.54. The molecular formula is C24H24FN3O. The molecule has 0 N–H and O–H groups in total. The van der Waals surface area contributed by atoms with E-state index in [4.69, 9.17) is 4.98 Å². The fourth-order valence-electron chi connectivity index (χ4n) is 4.02. The molecule has 4 rings (SSSR count). The van der Waals surface area contributed by atoms with Gasteiger partial charge in [0.25, 0.3) is 5.91 Å². The van der Waals surface area contributed by atoms with Gasteiger partial charge in [-0.2, -0.15) is 0 Å². The number of amides is 1. The van der Waals surface area contributed by atoms with Crippen molar-refractivity contribution < 1.29 is 9.18 Å². The predicted molar refractivity (Wildman–Crippen MR) is 110 cm³/mol. The molecule has 3 aromatic rings. The molecule has 0 unspecified atom stereocenters. The van der Waals surface area contributed by atoms with E-state index in [2.05, 4.69) is 11.1 Å². The molecule has 0 spiro atoms. The van der Waals surface area contributed by atoms with Crippen LogP contribution in [0.5, 0.6) is 0 Å². The average Bonchev–Trinajstić information content (AvgIpc) is 2.75. The van der Waals surface area contributed by atoms with Gasteiger partial charge in [-0.05, 0) is 61.2 Å². The third-order valence-corrected chi connectivity index (χ3v) is 5.42. The summed E-state index contributed by atoms with van der Waals surface area (Å²) in [4.78, 5) is 23.5. The van der Waals surface area contributed by atoms with Crippen molar-refractivity contribution in [2.45, 2.75) is 32.1 Å². The quantitative estimate of drug-likeness (QED) is 0.658. The van der Waals surface area contributed by atoms with Crippen LogP contribution in [-0.4, -0.2) is 33.9 Å². The van der Waals surface area contributed by atoms with Crippen LogP contribution in [0.3, 0.4) is 0 Å². The van der Waals surface area contributed by atoms with Crippen LogP contribution in [0.15, 0.2) is 60.9 Å². The molecule has 1 fully saturated rings. The van der Waals surface area contributed by atoms with Crippen LogP contribution in [0.1, 0.15) is 51.6 Å². The van der Waals surface area contributed by atoms with Gasteiger partial charge in [-0.15, -0.1) is 0 Å². The highest BCUT2D eigenvalue weighted by molar-refractivity contribution is 5.94. The topological polar surface area (TPSA) is 46.1 Å². The van der Waals surface area contributed by atoms with Crippen LogP contribution in [0, 0.1) is 12.7 Å². The summed E-state index contributed by atoms with van der Waals surface area (Å²) in [6.07, 6.45) is 5.75. The lowest BCUT2D eigenvalue weighted by Crippen LogP contribution is -2.39. The molecule has 1 aromatic carbocycles. The number of benzene rings is 1. The average molecular weight is 389 g/mol. The maximum Gasteiger partial charge on any atom is 0.255 e. The number of piperidine rings is 1. The van der Waals surface area contributed by atoms with Crippen molar-refractivity contribution in [1.29, 1.82) is 0 Å². The second kappa shape index (κ2) is 8.52. The number of likely N-dealkylation sites (tertiary alicyclic amines) is 1. The highest BCUT2D eigenvalue weighted by atomic mass is 19.1. The van der Waals surface area contributed by atoms with Gasteiger partial charge in [-0.25, -0.2) is 4.39 Å². The minimum absolute atomic E-state index is 0.0158. The van der Waals surface area contributed by atoms with Crippen LogP contribution in [0.25, 0.3) is 0 Å². The van der Waals surface area contributed by atoms with Crippen molar-refractivity contribution in [3.8, 4) is 0 Å². The van der Waals surface area contributed by atoms with E-state index in [-0.39, 0.29) is 17.6 Å². The SMILES string of the molecule is Cc1cc(Cc2ccccc2F)cc([C@@H]2CCCN(C(=O)c3cccnc3)C2)n1. The summed E-state index contributed by atoms with van der Waals surface area (Å²) < 4.78 is 14.1. The number of hydrogen-bond donors (Lipinski definition) is 0. The Morgan fingerprint density at radius 1 is 1.21 bits per heavy atom. The fraction of sp³-hybridized carbons (Fsp3) is 0.292. The number of halogens is 1. The first-order valence-corrected chi connectivity index (χ1v) is 10.0. The van der Waals surface area contributed by atoms with Gasteiger partial charge in [-0.3, -0.25) is 14.8 Å². The van der Waals surface area contributed by atoms with E-state index in [1.54, 1.807) is 30.6 Å². The number of carbonyl (C=O) groups excluding carboxylic acids is 1. The number of rotatable bonds is 4. The molecule has 1 aliphatic rings. The first kappa shape index (κ1) is 19.2. The maximum atomic E-state index is 14.1. The Bertz CT molecular complexity index is 1010. The smallest absolute Gasteiger partial charge is 0.255 e. The van der Waals surface area contributed by atoms with Crippen LogP contribution in [0.4, 0.5) is 4.39 Å². The monoisotopic (exact) mass is 389 g/mol.